The Hall–Kier alpha value is -9.53. The smallest absolute Gasteiger partial charge is 0.872 e. The molecule has 3 saturated heterocycles. The average molecular weight is 1590 g/mol. The molecule has 9 aliphatic rings. The Bertz CT molecular complexity index is 4520. The molecule has 6 aliphatic carbocycles. The fourth-order valence-electron chi connectivity index (χ4n) is 16.4. The van der Waals surface area contributed by atoms with E-state index in [9.17, 15) is 120 Å². The number of ketones is 9. The summed E-state index contributed by atoms with van der Waals surface area (Å²) >= 11 is 0. The number of rotatable bonds is 9. The Morgan fingerprint density at radius 2 is 0.634 bits per heavy atom. The molecule has 6 aromatic carbocycles. The molecule has 34 heteroatoms. The number of phenolic OH excluding ortho intramolecular Hbond substituents is 6. The third kappa shape index (κ3) is 13.4. The maximum absolute atomic E-state index is 13.8. The van der Waals surface area contributed by atoms with Crippen LogP contribution in [0.4, 0.5) is 0 Å². The van der Waals surface area contributed by atoms with Gasteiger partial charge in [-0.1, -0.05) is 53.6 Å². The van der Waals surface area contributed by atoms with Crippen LogP contribution in [0, 0.1) is 0 Å². The van der Waals surface area contributed by atoms with Gasteiger partial charge in [-0.25, -0.2) is 0 Å². The minimum atomic E-state index is -2.05. The van der Waals surface area contributed by atoms with Crippen molar-refractivity contribution in [3.8, 4) is 51.7 Å². The molecule has 15 rings (SSSR count). The molecule has 18 N–H and O–H groups in total. The summed E-state index contributed by atoms with van der Waals surface area (Å²) in [6.07, 6.45) is -14.7. The molecular weight excluding hydrogens is 1510 g/mol. The third-order valence-electron chi connectivity index (χ3n) is 22.7. The molecule has 3 aliphatic heterocycles. The van der Waals surface area contributed by atoms with Crippen molar-refractivity contribution in [3.63, 3.8) is 0 Å². The Morgan fingerprint density at radius 3 is 0.848 bits per heavy atom. The number of phenols is 6. The Balaban J connectivity index is 0.000000155. The van der Waals surface area contributed by atoms with Gasteiger partial charge in [0.25, 0.3) is 0 Å². The van der Waals surface area contributed by atoms with Gasteiger partial charge in [0.1, 0.15) is 51.3 Å². The number of aliphatic hydroxyl groups excluding tert-OH is 3. The second-order valence-electron chi connectivity index (χ2n) is 29.8. The predicted octanol–water partition coefficient (Wildman–Crippen LogP) is 0.279. The second-order valence-corrected chi connectivity index (χ2v) is 29.8. The molecule has 6 aromatic rings. The summed E-state index contributed by atoms with van der Waals surface area (Å²) in [7, 11) is 0. The fourth-order valence-corrected chi connectivity index (χ4v) is 16.4. The van der Waals surface area contributed by atoms with Crippen LogP contribution in [0.2, 0.25) is 0 Å². The molecule has 0 amide bonds. The number of Topliss-reactive ketones (excluding diaryl/α,β-unsaturated/α-hetero) is 3. The first kappa shape index (κ1) is 81.9. The number of ether oxygens (including phenoxy) is 6. The zero-order valence-corrected chi connectivity index (χ0v) is 61.6. The van der Waals surface area contributed by atoms with Crippen molar-refractivity contribution in [2.75, 3.05) is 0 Å². The van der Waals surface area contributed by atoms with E-state index in [1.54, 1.807) is 20.8 Å². The molecule has 33 nitrogen and oxygen atoms in total. The van der Waals surface area contributed by atoms with E-state index in [0.717, 1.165) is 20.8 Å². The van der Waals surface area contributed by atoms with Crippen molar-refractivity contribution in [3.05, 3.63) is 155 Å². The minimum Gasteiger partial charge on any atom is -0.872 e. The first-order chi connectivity index (χ1) is 52.1. The van der Waals surface area contributed by atoms with Crippen molar-refractivity contribution < 1.29 is 165 Å². The minimum absolute atomic E-state index is 0. The molecule has 0 saturated carbocycles. The molecule has 3 heterocycles. The van der Waals surface area contributed by atoms with Gasteiger partial charge in [-0.2, -0.15) is 0 Å². The number of carbonyl (C=O) groups is 9. The molecule has 0 bridgehead atoms. The molecule has 1 radical (unpaired) electrons. The Labute approximate surface area is 646 Å². The number of aliphatic hydroxyl groups is 6. The molecule has 0 spiro atoms. The zero-order chi connectivity index (χ0) is 80.9. The van der Waals surface area contributed by atoms with Crippen LogP contribution < -0.4 is 32.5 Å². The number of nitrogens with two attached hydrogens (primary N) is 3. The van der Waals surface area contributed by atoms with Crippen LogP contribution in [0.3, 0.4) is 0 Å². The van der Waals surface area contributed by atoms with E-state index in [0.29, 0.717) is 0 Å². The van der Waals surface area contributed by atoms with E-state index >= 15 is 0 Å². The first-order valence-corrected chi connectivity index (χ1v) is 35.5. The molecule has 18 atom stereocenters. The molecule has 112 heavy (non-hydrogen) atoms. The topological polar surface area (TPSA) is 599 Å². The maximum Gasteiger partial charge on any atom is 3.00 e. The van der Waals surface area contributed by atoms with E-state index in [2.05, 4.69) is 0 Å². The van der Waals surface area contributed by atoms with Crippen LogP contribution in [0.1, 0.15) is 227 Å². The van der Waals surface area contributed by atoms with Crippen LogP contribution in [-0.4, -0.2) is 204 Å². The number of benzene rings is 6. The van der Waals surface area contributed by atoms with Gasteiger partial charge in [0.2, 0.25) is 0 Å². The van der Waals surface area contributed by atoms with Crippen molar-refractivity contribution >= 4 is 52.0 Å². The summed E-state index contributed by atoms with van der Waals surface area (Å²) in [6.45, 7) is 8.18. The van der Waals surface area contributed by atoms with Gasteiger partial charge in [-0.3, -0.25) is 43.2 Å². The van der Waals surface area contributed by atoms with Crippen LogP contribution >= 0.6 is 0 Å². The summed E-state index contributed by atoms with van der Waals surface area (Å²) in [4.78, 5) is 117. The summed E-state index contributed by atoms with van der Waals surface area (Å²) in [5, 5.41) is 169. The molecule has 0 aromatic heterocycles. The molecule has 593 valence electrons. The summed E-state index contributed by atoms with van der Waals surface area (Å²) < 4.78 is 35.0. The van der Waals surface area contributed by atoms with E-state index in [-0.39, 0.29) is 103 Å². The van der Waals surface area contributed by atoms with Crippen molar-refractivity contribution in [2.45, 2.75) is 208 Å². The quantitative estimate of drug-likeness (QED) is 0.0863. The SMILES string of the molecule is CC(=O)C1(O)Cc2c(O)c3c(c([O-])c2C(OC2CC(N)C(O)C(C)O2)C1)C(=O)c1c(O)cccc1C3=O.CC(=O)C1(O)Cc2c(O)c3c(c([O-])c2C(OC2CC(N)C(O)C(C)O2)C1)C(=O)c1c(O)cccc1C3=O.CC(=O)C1(O)Cc2c(O)c3c(c([O-])c2C(OC2CC(N)C(O)C(C)O2)C1)C(=O)c1c(O)cccc1C3=O.[Fe+3]. The van der Waals surface area contributed by atoms with E-state index in [4.69, 9.17) is 45.6 Å². The standard InChI is InChI=1S/3C26H27NO10.Fe/c3*1-9-21(30)13(27)6-16(36-9)37-15-8-26(35,10(2)28)7-12-18(15)25(34)20-19(23(12)32)22(31)11-4-3-5-14(29)17(11)24(20)33;/h3*3-5,9,13,15-16,21,29-30,32,34-35H,6-8,27H2,1-2H3;/q;;;+3/p-3. The maximum atomic E-state index is 13.8. The van der Waals surface area contributed by atoms with Crippen LogP contribution in [0.5, 0.6) is 51.7 Å². The Kier molecular flexibility index (Phi) is 21.8. The van der Waals surface area contributed by atoms with Gasteiger partial charge in [0.05, 0.1) is 88.3 Å². The summed E-state index contributed by atoms with van der Waals surface area (Å²) in [5.41, 5.74) is 5.52. The normalized spacial score (nSPS) is 30.6. The third-order valence-corrected chi connectivity index (χ3v) is 22.7. The van der Waals surface area contributed by atoms with E-state index < -0.39 is 284 Å². The van der Waals surface area contributed by atoms with Gasteiger partial charge >= 0.3 is 17.1 Å². The predicted molar refractivity (Wildman–Crippen MR) is 370 cm³/mol. The van der Waals surface area contributed by atoms with Gasteiger partial charge in [-0.05, 0) is 76.4 Å². The van der Waals surface area contributed by atoms with E-state index in [1.165, 1.54) is 54.6 Å². The molecular formula is C78H78FeN3O30. The average Bonchev–Trinajstić information content (AvgIpc) is 0.720. The second kappa shape index (κ2) is 29.8. The number of aromatic hydroxyl groups is 6. The van der Waals surface area contributed by atoms with Gasteiger partial charge in [0, 0.05) is 126 Å². The van der Waals surface area contributed by atoms with Gasteiger partial charge in [-0.15, -0.1) is 0 Å². The number of fused-ring (bicyclic) bond motifs is 9. The van der Waals surface area contributed by atoms with Crippen molar-refractivity contribution in [1.82, 2.24) is 0 Å². The zero-order valence-electron chi connectivity index (χ0n) is 60.5. The number of carbonyl (C=O) groups excluding carboxylic acids is 9. The van der Waals surface area contributed by atoms with Gasteiger partial charge < -0.3 is 122 Å². The van der Waals surface area contributed by atoms with Crippen LogP contribution in [0.25, 0.3) is 0 Å². The largest absolute Gasteiger partial charge is 3.00 e. The van der Waals surface area contributed by atoms with Crippen molar-refractivity contribution in [2.24, 2.45) is 17.2 Å². The first-order valence-electron chi connectivity index (χ1n) is 35.5. The molecule has 3 fully saturated rings. The van der Waals surface area contributed by atoms with E-state index in [1.807, 2.05) is 0 Å². The van der Waals surface area contributed by atoms with Crippen LogP contribution in [0.15, 0.2) is 54.6 Å². The Morgan fingerprint density at radius 1 is 0.402 bits per heavy atom. The number of hydrogen-bond donors (Lipinski definition) is 15. The summed E-state index contributed by atoms with van der Waals surface area (Å²) in [6, 6.07) is 9.38. The van der Waals surface area contributed by atoms with Crippen LogP contribution in [-0.2, 0) is 79.1 Å². The monoisotopic (exact) mass is 1590 g/mol. The molecule has 18 unspecified atom stereocenters. The van der Waals surface area contributed by atoms with Crippen molar-refractivity contribution in [1.29, 1.82) is 0 Å². The summed E-state index contributed by atoms with van der Waals surface area (Å²) in [5.74, 6) is -13.7. The fraction of sp³-hybridized carbons (Fsp3) is 0.423. The number of hydrogen-bond acceptors (Lipinski definition) is 33. The van der Waals surface area contributed by atoms with Gasteiger partial charge in [0.15, 0.2) is 70.9 Å².